The predicted molar refractivity (Wildman–Crippen MR) is 72.9 cm³/mol. The van der Waals surface area contributed by atoms with Gasteiger partial charge in [0.15, 0.2) is 0 Å². The van der Waals surface area contributed by atoms with Crippen LogP contribution >= 0.6 is 22.6 Å². The van der Waals surface area contributed by atoms with Crippen molar-refractivity contribution in [2.75, 3.05) is 6.54 Å². The highest BCUT2D eigenvalue weighted by atomic mass is 127. The number of hydrogen-bond donors (Lipinski definition) is 1. The number of carboxylic acids is 1. The monoisotopic (exact) mass is 365 g/mol. The van der Waals surface area contributed by atoms with Gasteiger partial charge in [-0.15, -0.1) is 0 Å². The van der Waals surface area contributed by atoms with Gasteiger partial charge in [-0.2, -0.15) is 0 Å². The van der Waals surface area contributed by atoms with Crippen molar-refractivity contribution < 1.29 is 19.1 Å². The number of carboxylic acid groups (broad SMARTS) is 1. The molecule has 1 amide bonds. The minimum Gasteiger partial charge on any atom is -0.480 e. The SMILES string of the molecule is CC(C)N(CC(=O)O)C(=O)c1ccc(F)cc1I. The molecule has 1 rings (SSSR count). The lowest BCUT2D eigenvalue weighted by atomic mass is 10.1. The molecular weight excluding hydrogens is 352 g/mol. The van der Waals surface area contributed by atoms with E-state index in [4.69, 9.17) is 5.11 Å². The number of carbonyl (C=O) groups excluding carboxylic acids is 1. The normalized spacial score (nSPS) is 10.5. The van der Waals surface area contributed by atoms with Gasteiger partial charge in [0.05, 0.1) is 5.56 Å². The Hall–Kier alpha value is -1.18. The summed E-state index contributed by atoms with van der Waals surface area (Å²) >= 11 is 1.86. The standard InChI is InChI=1S/C12H13FINO3/c1-7(2)15(6-11(16)17)12(18)9-4-3-8(13)5-10(9)14/h3-5,7H,6H2,1-2H3,(H,16,17). The fourth-order valence-electron chi connectivity index (χ4n) is 1.45. The summed E-state index contributed by atoms with van der Waals surface area (Å²) in [6, 6.07) is 3.56. The lowest BCUT2D eigenvalue weighted by Gasteiger charge is -2.25. The van der Waals surface area contributed by atoms with E-state index in [1.807, 2.05) is 22.6 Å². The zero-order valence-corrected chi connectivity index (χ0v) is 12.1. The van der Waals surface area contributed by atoms with Gasteiger partial charge in [-0.05, 0) is 54.6 Å². The molecule has 4 nitrogen and oxygen atoms in total. The van der Waals surface area contributed by atoms with Gasteiger partial charge in [0.25, 0.3) is 5.91 Å². The fraction of sp³-hybridized carbons (Fsp3) is 0.333. The van der Waals surface area contributed by atoms with Gasteiger partial charge in [0, 0.05) is 9.61 Å². The van der Waals surface area contributed by atoms with Crippen LogP contribution in [0.4, 0.5) is 4.39 Å². The second-order valence-corrected chi connectivity index (χ2v) is 5.21. The molecule has 0 aliphatic carbocycles. The molecule has 0 aliphatic rings. The Bertz CT molecular complexity index is 476. The molecule has 0 saturated heterocycles. The molecule has 0 radical (unpaired) electrons. The third kappa shape index (κ3) is 3.66. The molecule has 0 heterocycles. The first kappa shape index (κ1) is 14.9. The van der Waals surface area contributed by atoms with Crippen LogP contribution in [0.5, 0.6) is 0 Å². The molecule has 6 heteroatoms. The molecular formula is C12H13FINO3. The first-order valence-electron chi connectivity index (χ1n) is 5.30. The maximum atomic E-state index is 13.0. The number of amides is 1. The van der Waals surface area contributed by atoms with E-state index in [1.54, 1.807) is 13.8 Å². The van der Waals surface area contributed by atoms with Crippen LogP contribution in [0.2, 0.25) is 0 Å². The molecule has 0 fully saturated rings. The third-order valence-corrected chi connectivity index (χ3v) is 3.24. The average Bonchev–Trinajstić information content (AvgIpc) is 2.24. The quantitative estimate of drug-likeness (QED) is 0.834. The van der Waals surface area contributed by atoms with Crippen molar-refractivity contribution in [1.82, 2.24) is 4.90 Å². The van der Waals surface area contributed by atoms with Gasteiger partial charge in [-0.1, -0.05) is 0 Å². The smallest absolute Gasteiger partial charge is 0.323 e. The zero-order valence-electron chi connectivity index (χ0n) is 9.98. The van der Waals surface area contributed by atoms with Crippen LogP contribution in [-0.4, -0.2) is 34.5 Å². The number of halogens is 2. The summed E-state index contributed by atoms with van der Waals surface area (Å²) < 4.78 is 13.4. The van der Waals surface area contributed by atoms with E-state index in [-0.39, 0.29) is 12.6 Å². The molecule has 0 atom stereocenters. The van der Waals surface area contributed by atoms with Crippen LogP contribution in [0.25, 0.3) is 0 Å². The minimum atomic E-state index is -1.07. The molecule has 0 bridgehead atoms. The number of benzene rings is 1. The Morgan fingerprint density at radius 1 is 1.44 bits per heavy atom. The van der Waals surface area contributed by atoms with Crippen molar-refractivity contribution in [3.63, 3.8) is 0 Å². The molecule has 1 aromatic carbocycles. The summed E-state index contributed by atoms with van der Waals surface area (Å²) in [4.78, 5) is 24.2. The first-order valence-corrected chi connectivity index (χ1v) is 6.38. The maximum absolute atomic E-state index is 13.0. The lowest BCUT2D eigenvalue weighted by molar-refractivity contribution is -0.138. The number of rotatable bonds is 4. The molecule has 0 saturated carbocycles. The second kappa shape index (κ2) is 6.12. The zero-order chi connectivity index (χ0) is 13.9. The van der Waals surface area contributed by atoms with Crippen LogP contribution in [0, 0.1) is 9.39 Å². The molecule has 1 N–H and O–H groups in total. The van der Waals surface area contributed by atoms with E-state index < -0.39 is 17.7 Å². The highest BCUT2D eigenvalue weighted by Gasteiger charge is 2.23. The number of carbonyl (C=O) groups is 2. The molecule has 1 aromatic rings. The molecule has 0 aliphatic heterocycles. The van der Waals surface area contributed by atoms with Gasteiger partial charge in [0.2, 0.25) is 0 Å². The van der Waals surface area contributed by atoms with Crippen LogP contribution in [0.15, 0.2) is 18.2 Å². The largest absolute Gasteiger partial charge is 0.480 e. The lowest BCUT2D eigenvalue weighted by Crippen LogP contribution is -2.41. The third-order valence-electron chi connectivity index (χ3n) is 2.35. The maximum Gasteiger partial charge on any atom is 0.323 e. The van der Waals surface area contributed by atoms with Gasteiger partial charge in [0.1, 0.15) is 12.4 Å². The van der Waals surface area contributed by atoms with E-state index >= 15 is 0 Å². The average molecular weight is 365 g/mol. The fourth-order valence-corrected chi connectivity index (χ4v) is 2.16. The summed E-state index contributed by atoms with van der Waals surface area (Å²) in [7, 11) is 0. The summed E-state index contributed by atoms with van der Waals surface area (Å²) in [5, 5.41) is 8.79. The van der Waals surface area contributed by atoms with Crippen LogP contribution in [0.1, 0.15) is 24.2 Å². The van der Waals surface area contributed by atoms with E-state index in [9.17, 15) is 14.0 Å². The Kier molecular flexibility index (Phi) is 5.06. The van der Waals surface area contributed by atoms with Crippen molar-refractivity contribution >= 4 is 34.5 Å². The van der Waals surface area contributed by atoms with E-state index in [2.05, 4.69) is 0 Å². The van der Waals surface area contributed by atoms with Crippen LogP contribution in [0.3, 0.4) is 0 Å². The van der Waals surface area contributed by atoms with E-state index in [1.165, 1.54) is 23.1 Å². The summed E-state index contributed by atoms with van der Waals surface area (Å²) in [5.41, 5.74) is 0.312. The van der Waals surface area contributed by atoms with Gasteiger partial charge >= 0.3 is 5.97 Å². The van der Waals surface area contributed by atoms with Crippen molar-refractivity contribution in [1.29, 1.82) is 0 Å². The topological polar surface area (TPSA) is 57.6 Å². The van der Waals surface area contributed by atoms with Gasteiger partial charge < -0.3 is 10.0 Å². The molecule has 0 unspecified atom stereocenters. The van der Waals surface area contributed by atoms with Crippen molar-refractivity contribution in [2.24, 2.45) is 0 Å². The van der Waals surface area contributed by atoms with Gasteiger partial charge in [-0.3, -0.25) is 9.59 Å². The van der Waals surface area contributed by atoms with E-state index in [0.29, 0.717) is 9.13 Å². The summed E-state index contributed by atoms with van der Waals surface area (Å²) in [6.45, 7) is 3.10. The molecule has 18 heavy (non-hydrogen) atoms. The number of hydrogen-bond acceptors (Lipinski definition) is 2. The Morgan fingerprint density at radius 3 is 2.50 bits per heavy atom. The minimum absolute atomic E-state index is 0.241. The van der Waals surface area contributed by atoms with Gasteiger partial charge in [-0.25, -0.2) is 4.39 Å². The van der Waals surface area contributed by atoms with Crippen molar-refractivity contribution in [2.45, 2.75) is 19.9 Å². The van der Waals surface area contributed by atoms with E-state index in [0.717, 1.165) is 0 Å². The number of aliphatic carboxylic acids is 1. The van der Waals surface area contributed by atoms with Crippen molar-refractivity contribution in [3.8, 4) is 0 Å². The summed E-state index contributed by atoms with van der Waals surface area (Å²) in [6.07, 6.45) is 0. The van der Waals surface area contributed by atoms with Crippen molar-refractivity contribution in [3.05, 3.63) is 33.1 Å². The Balaban J connectivity index is 3.05. The number of nitrogens with zero attached hydrogens (tertiary/aromatic N) is 1. The highest BCUT2D eigenvalue weighted by Crippen LogP contribution is 2.17. The molecule has 0 aromatic heterocycles. The van der Waals surface area contributed by atoms with Crippen LogP contribution < -0.4 is 0 Å². The Labute approximate surface area is 118 Å². The van der Waals surface area contributed by atoms with Crippen LogP contribution in [-0.2, 0) is 4.79 Å². The molecule has 98 valence electrons. The molecule has 0 spiro atoms. The first-order chi connectivity index (χ1) is 8.32. The summed E-state index contributed by atoms with van der Waals surface area (Å²) in [5.74, 6) is -1.91. The predicted octanol–water partition coefficient (Wildman–Crippen LogP) is 2.37. The second-order valence-electron chi connectivity index (χ2n) is 4.04. The highest BCUT2D eigenvalue weighted by molar-refractivity contribution is 14.1. The Morgan fingerprint density at radius 2 is 2.06 bits per heavy atom.